The SMILES string of the molecule is CCC1COCCN1Cc1ccccc1CNC1CC1. The lowest BCUT2D eigenvalue weighted by Crippen LogP contribution is -2.44. The summed E-state index contributed by atoms with van der Waals surface area (Å²) in [7, 11) is 0. The van der Waals surface area contributed by atoms with Gasteiger partial charge in [-0.05, 0) is 30.4 Å². The first kappa shape index (κ1) is 14.1. The van der Waals surface area contributed by atoms with E-state index in [1.165, 1.54) is 30.4 Å². The lowest BCUT2D eigenvalue weighted by molar-refractivity contribution is -0.0128. The van der Waals surface area contributed by atoms with Gasteiger partial charge in [-0.1, -0.05) is 31.2 Å². The number of benzene rings is 1. The third-order valence-electron chi connectivity index (χ3n) is 4.47. The van der Waals surface area contributed by atoms with Crippen LogP contribution in [0, 0.1) is 0 Å². The van der Waals surface area contributed by atoms with Gasteiger partial charge in [-0.2, -0.15) is 0 Å². The molecule has 1 atom stereocenters. The van der Waals surface area contributed by atoms with E-state index in [1.54, 1.807) is 0 Å². The monoisotopic (exact) mass is 274 g/mol. The molecule has 1 N–H and O–H groups in total. The molecule has 1 saturated carbocycles. The zero-order valence-corrected chi connectivity index (χ0v) is 12.5. The second kappa shape index (κ2) is 6.70. The van der Waals surface area contributed by atoms with E-state index in [9.17, 15) is 0 Å². The van der Waals surface area contributed by atoms with Gasteiger partial charge >= 0.3 is 0 Å². The Morgan fingerprint density at radius 3 is 2.80 bits per heavy atom. The molecular formula is C17H26N2O. The molecule has 3 heteroatoms. The van der Waals surface area contributed by atoms with Crippen LogP contribution >= 0.6 is 0 Å². The van der Waals surface area contributed by atoms with E-state index >= 15 is 0 Å². The second-order valence-electron chi connectivity index (χ2n) is 6.03. The molecule has 1 aromatic rings. The Morgan fingerprint density at radius 1 is 1.25 bits per heavy atom. The van der Waals surface area contributed by atoms with E-state index in [0.29, 0.717) is 6.04 Å². The minimum atomic E-state index is 0.577. The van der Waals surface area contributed by atoms with Gasteiger partial charge < -0.3 is 10.1 Å². The van der Waals surface area contributed by atoms with Gasteiger partial charge in [0.2, 0.25) is 0 Å². The lowest BCUT2D eigenvalue weighted by Gasteiger charge is -2.35. The summed E-state index contributed by atoms with van der Waals surface area (Å²) < 4.78 is 5.60. The number of hydrogen-bond acceptors (Lipinski definition) is 3. The minimum Gasteiger partial charge on any atom is -0.378 e. The molecule has 0 amide bonds. The van der Waals surface area contributed by atoms with Crippen LogP contribution in [-0.2, 0) is 17.8 Å². The van der Waals surface area contributed by atoms with Crippen molar-refractivity contribution in [3.63, 3.8) is 0 Å². The fraction of sp³-hybridized carbons (Fsp3) is 0.647. The molecule has 0 spiro atoms. The number of rotatable bonds is 6. The minimum absolute atomic E-state index is 0.577. The van der Waals surface area contributed by atoms with Gasteiger partial charge in [0.05, 0.1) is 13.2 Å². The fourth-order valence-electron chi connectivity index (χ4n) is 2.92. The van der Waals surface area contributed by atoms with Crippen LogP contribution in [0.4, 0.5) is 0 Å². The van der Waals surface area contributed by atoms with E-state index in [0.717, 1.165) is 38.9 Å². The molecule has 0 aromatic heterocycles. The zero-order chi connectivity index (χ0) is 13.8. The molecule has 2 aliphatic rings. The molecule has 1 aliphatic carbocycles. The topological polar surface area (TPSA) is 24.5 Å². The van der Waals surface area contributed by atoms with E-state index < -0.39 is 0 Å². The molecule has 1 heterocycles. The number of ether oxygens (including phenoxy) is 1. The largest absolute Gasteiger partial charge is 0.378 e. The summed E-state index contributed by atoms with van der Waals surface area (Å²) in [6, 6.07) is 10.2. The quantitative estimate of drug-likeness (QED) is 0.863. The normalized spacial score (nSPS) is 23.9. The third-order valence-corrected chi connectivity index (χ3v) is 4.47. The number of nitrogens with zero attached hydrogens (tertiary/aromatic N) is 1. The van der Waals surface area contributed by atoms with Crippen LogP contribution in [0.25, 0.3) is 0 Å². The molecule has 1 aromatic carbocycles. The zero-order valence-electron chi connectivity index (χ0n) is 12.5. The molecule has 1 saturated heterocycles. The predicted octanol–water partition coefficient (Wildman–Crippen LogP) is 2.55. The van der Waals surface area contributed by atoms with Crippen molar-refractivity contribution >= 4 is 0 Å². The smallest absolute Gasteiger partial charge is 0.0622 e. The molecule has 110 valence electrons. The lowest BCUT2D eigenvalue weighted by atomic mass is 10.0. The average Bonchev–Trinajstić information content (AvgIpc) is 3.31. The van der Waals surface area contributed by atoms with Crippen LogP contribution in [0.5, 0.6) is 0 Å². The fourth-order valence-corrected chi connectivity index (χ4v) is 2.92. The Balaban J connectivity index is 1.65. The summed E-state index contributed by atoms with van der Waals surface area (Å²) in [5.74, 6) is 0. The van der Waals surface area contributed by atoms with Crippen molar-refractivity contribution in [2.45, 2.75) is 51.4 Å². The maximum absolute atomic E-state index is 5.60. The first-order chi connectivity index (χ1) is 9.86. The molecule has 3 nitrogen and oxygen atoms in total. The molecular weight excluding hydrogens is 248 g/mol. The van der Waals surface area contributed by atoms with Crippen LogP contribution in [-0.4, -0.2) is 36.7 Å². The highest BCUT2D eigenvalue weighted by Crippen LogP contribution is 2.21. The number of nitrogens with one attached hydrogen (secondary N) is 1. The van der Waals surface area contributed by atoms with Crippen LogP contribution in [0.3, 0.4) is 0 Å². The van der Waals surface area contributed by atoms with Crippen molar-refractivity contribution in [2.24, 2.45) is 0 Å². The highest BCUT2D eigenvalue weighted by atomic mass is 16.5. The Bertz CT molecular complexity index is 431. The van der Waals surface area contributed by atoms with Gasteiger partial charge in [-0.3, -0.25) is 4.90 Å². The van der Waals surface area contributed by atoms with Crippen molar-refractivity contribution in [1.82, 2.24) is 10.2 Å². The Hall–Kier alpha value is -0.900. The molecule has 20 heavy (non-hydrogen) atoms. The summed E-state index contributed by atoms with van der Waals surface area (Å²) in [6.07, 6.45) is 3.87. The highest BCUT2D eigenvalue weighted by molar-refractivity contribution is 5.27. The van der Waals surface area contributed by atoms with E-state index in [-0.39, 0.29) is 0 Å². The molecule has 0 radical (unpaired) electrons. The van der Waals surface area contributed by atoms with Crippen molar-refractivity contribution in [3.8, 4) is 0 Å². The van der Waals surface area contributed by atoms with Gasteiger partial charge in [0.25, 0.3) is 0 Å². The maximum Gasteiger partial charge on any atom is 0.0622 e. The molecule has 3 rings (SSSR count). The predicted molar refractivity (Wildman–Crippen MR) is 81.6 cm³/mol. The van der Waals surface area contributed by atoms with Crippen LogP contribution in [0.1, 0.15) is 37.3 Å². The molecule has 1 unspecified atom stereocenters. The van der Waals surface area contributed by atoms with Crippen LogP contribution in [0.2, 0.25) is 0 Å². The molecule has 1 aliphatic heterocycles. The number of hydrogen-bond donors (Lipinski definition) is 1. The first-order valence-corrected chi connectivity index (χ1v) is 7.98. The van der Waals surface area contributed by atoms with E-state index in [4.69, 9.17) is 4.74 Å². The summed E-state index contributed by atoms with van der Waals surface area (Å²) in [5, 5.41) is 3.63. The van der Waals surface area contributed by atoms with E-state index in [1.807, 2.05) is 0 Å². The van der Waals surface area contributed by atoms with Gasteiger partial charge in [-0.25, -0.2) is 0 Å². The second-order valence-corrected chi connectivity index (χ2v) is 6.03. The Kier molecular flexibility index (Phi) is 4.71. The van der Waals surface area contributed by atoms with Crippen molar-refractivity contribution < 1.29 is 4.74 Å². The molecule has 0 bridgehead atoms. The van der Waals surface area contributed by atoms with Gasteiger partial charge in [0, 0.05) is 31.7 Å². The third kappa shape index (κ3) is 3.60. The average molecular weight is 274 g/mol. The summed E-state index contributed by atoms with van der Waals surface area (Å²) >= 11 is 0. The van der Waals surface area contributed by atoms with Crippen molar-refractivity contribution in [1.29, 1.82) is 0 Å². The Morgan fingerprint density at radius 2 is 2.05 bits per heavy atom. The van der Waals surface area contributed by atoms with Crippen molar-refractivity contribution in [2.75, 3.05) is 19.8 Å². The maximum atomic E-state index is 5.60. The van der Waals surface area contributed by atoms with Gasteiger partial charge in [0.1, 0.15) is 0 Å². The standard InChI is InChI=1S/C17H26N2O/c1-2-17-13-20-10-9-19(17)12-15-6-4-3-5-14(15)11-18-16-7-8-16/h3-6,16-18H,2,7-13H2,1H3. The van der Waals surface area contributed by atoms with E-state index in [2.05, 4.69) is 41.4 Å². The Labute approximate surface area is 122 Å². The van der Waals surface area contributed by atoms with Crippen LogP contribution < -0.4 is 5.32 Å². The van der Waals surface area contributed by atoms with Gasteiger partial charge in [0.15, 0.2) is 0 Å². The number of morpholine rings is 1. The molecule has 2 fully saturated rings. The summed E-state index contributed by atoms with van der Waals surface area (Å²) in [5.41, 5.74) is 2.93. The summed E-state index contributed by atoms with van der Waals surface area (Å²) in [6.45, 7) is 7.15. The first-order valence-electron chi connectivity index (χ1n) is 7.98. The highest BCUT2D eigenvalue weighted by Gasteiger charge is 2.23. The van der Waals surface area contributed by atoms with Gasteiger partial charge in [-0.15, -0.1) is 0 Å². The van der Waals surface area contributed by atoms with Crippen molar-refractivity contribution in [3.05, 3.63) is 35.4 Å². The summed E-state index contributed by atoms with van der Waals surface area (Å²) in [4.78, 5) is 2.58. The van der Waals surface area contributed by atoms with Crippen LogP contribution in [0.15, 0.2) is 24.3 Å².